The molecule has 13 heavy (non-hydrogen) atoms. The second-order valence-electron chi connectivity index (χ2n) is 3.02. The average molecular weight is 185 g/mol. The monoisotopic (exact) mass is 185 g/mol. The topological polar surface area (TPSA) is 47.6 Å². The normalized spacial score (nSPS) is 21.5. The molecule has 1 aliphatic rings. The van der Waals surface area contributed by atoms with Gasteiger partial charge in [-0.15, -0.1) is 0 Å². The van der Waals surface area contributed by atoms with Gasteiger partial charge >= 0.3 is 5.97 Å². The Morgan fingerprint density at radius 2 is 2.54 bits per heavy atom. The SMILES string of the molecule is C=C(C)C(=O)OCCC1NCCO1. The lowest BCUT2D eigenvalue weighted by Crippen LogP contribution is -2.24. The van der Waals surface area contributed by atoms with E-state index in [0.717, 1.165) is 13.2 Å². The van der Waals surface area contributed by atoms with Crippen LogP contribution < -0.4 is 5.32 Å². The van der Waals surface area contributed by atoms with Crippen molar-refractivity contribution in [1.82, 2.24) is 5.32 Å². The first-order valence-electron chi connectivity index (χ1n) is 4.38. The van der Waals surface area contributed by atoms with Crippen LogP contribution in [-0.2, 0) is 14.3 Å². The molecule has 1 heterocycles. The molecule has 1 aliphatic heterocycles. The van der Waals surface area contributed by atoms with Crippen LogP contribution in [-0.4, -0.2) is 32.0 Å². The summed E-state index contributed by atoms with van der Waals surface area (Å²) in [6.07, 6.45) is 0.733. The van der Waals surface area contributed by atoms with Crippen LogP contribution in [0.1, 0.15) is 13.3 Å². The van der Waals surface area contributed by atoms with Crippen LogP contribution >= 0.6 is 0 Å². The molecular formula is C9H15NO3. The van der Waals surface area contributed by atoms with Crippen LogP contribution in [0.2, 0.25) is 0 Å². The highest BCUT2D eigenvalue weighted by Gasteiger charge is 2.14. The van der Waals surface area contributed by atoms with E-state index in [1.807, 2.05) is 0 Å². The fraction of sp³-hybridized carbons (Fsp3) is 0.667. The summed E-state index contributed by atoms with van der Waals surface area (Å²) in [5.74, 6) is -0.335. The zero-order valence-electron chi connectivity index (χ0n) is 7.84. The van der Waals surface area contributed by atoms with E-state index in [9.17, 15) is 4.79 Å². The number of rotatable bonds is 4. The van der Waals surface area contributed by atoms with Crippen molar-refractivity contribution in [3.8, 4) is 0 Å². The van der Waals surface area contributed by atoms with Crippen molar-refractivity contribution >= 4 is 5.97 Å². The van der Waals surface area contributed by atoms with E-state index >= 15 is 0 Å². The minimum atomic E-state index is -0.335. The summed E-state index contributed by atoms with van der Waals surface area (Å²) in [7, 11) is 0. The molecule has 1 rings (SSSR count). The van der Waals surface area contributed by atoms with Gasteiger partial charge in [0.05, 0.1) is 13.2 Å². The minimum absolute atomic E-state index is 0.0397. The molecule has 74 valence electrons. The van der Waals surface area contributed by atoms with E-state index in [4.69, 9.17) is 9.47 Å². The van der Waals surface area contributed by atoms with Crippen molar-refractivity contribution in [3.05, 3.63) is 12.2 Å². The smallest absolute Gasteiger partial charge is 0.333 e. The summed E-state index contributed by atoms with van der Waals surface area (Å²) in [6.45, 7) is 7.10. The Bertz CT molecular complexity index is 197. The predicted molar refractivity (Wildman–Crippen MR) is 48.1 cm³/mol. The largest absolute Gasteiger partial charge is 0.462 e. The van der Waals surface area contributed by atoms with Crippen LogP contribution in [0.15, 0.2) is 12.2 Å². The molecule has 0 aromatic rings. The van der Waals surface area contributed by atoms with Gasteiger partial charge in [-0.2, -0.15) is 0 Å². The van der Waals surface area contributed by atoms with Crippen LogP contribution in [0.25, 0.3) is 0 Å². The first kappa shape index (κ1) is 10.2. The molecule has 1 unspecified atom stereocenters. The number of carbonyl (C=O) groups is 1. The van der Waals surface area contributed by atoms with Gasteiger partial charge in [0.15, 0.2) is 0 Å². The Kier molecular flexibility index (Phi) is 3.92. The van der Waals surface area contributed by atoms with Crippen molar-refractivity contribution in [1.29, 1.82) is 0 Å². The van der Waals surface area contributed by atoms with E-state index in [0.29, 0.717) is 18.6 Å². The van der Waals surface area contributed by atoms with Crippen molar-refractivity contribution in [2.45, 2.75) is 19.6 Å². The van der Waals surface area contributed by atoms with Crippen LogP contribution in [0.3, 0.4) is 0 Å². The first-order chi connectivity index (χ1) is 6.20. The van der Waals surface area contributed by atoms with Gasteiger partial charge in [0.25, 0.3) is 0 Å². The molecule has 1 fully saturated rings. The molecule has 4 heteroatoms. The minimum Gasteiger partial charge on any atom is -0.462 e. The predicted octanol–water partition coefficient (Wildman–Crippen LogP) is 0.442. The maximum atomic E-state index is 10.9. The fourth-order valence-corrected chi connectivity index (χ4v) is 1.05. The lowest BCUT2D eigenvalue weighted by atomic mass is 10.3. The summed E-state index contributed by atoms with van der Waals surface area (Å²) in [6, 6.07) is 0. The molecular weight excluding hydrogens is 170 g/mol. The third-order valence-electron chi connectivity index (χ3n) is 1.75. The van der Waals surface area contributed by atoms with E-state index in [-0.39, 0.29) is 12.2 Å². The van der Waals surface area contributed by atoms with E-state index in [2.05, 4.69) is 11.9 Å². The van der Waals surface area contributed by atoms with Gasteiger partial charge in [-0.3, -0.25) is 5.32 Å². The zero-order valence-corrected chi connectivity index (χ0v) is 7.84. The molecule has 4 nitrogen and oxygen atoms in total. The third kappa shape index (κ3) is 3.57. The number of esters is 1. The molecule has 0 aromatic carbocycles. The second kappa shape index (κ2) is 4.99. The van der Waals surface area contributed by atoms with Crippen molar-refractivity contribution < 1.29 is 14.3 Å². The molecule has 0 saturated carbocycles. The van der Waals surface area contributed by atoms with Gasteiger partial charge in [-0.1, -0.05) is 6.58 Å². The van der Waals surface area contributed by atoms with Gasteiger partial charge in [-0.25, -0.2) is 4.79 Å². The third-order valence-corrected chi connectivity index (χ3v) is 1.75. The summed E-state index contributed by atoms with van der Waals surface area (Å²) < 4.78 is 10.2. The number of hydrogen-bond donors (Lipinski definition) is 1. The Balaban J connectivity index is 2.06. The van der Waals surface area contributed by atoms with Crippen LogP contribution in [0.4, 0.5) is 0 Å². The Morgan fingerprint density at radius 1 is 1.77 bits per heavy atom. The van der Waals surface area contributed by atoms with Gasteiger partial charge in [-0.05, 0) is 6.92 Å². The number of ether oxygens (including phenoxy) is 2. The maximum absolute atomic E-state index is 10.9. The number of carbonyl (C=O) groups excluding carboxylic acids is 1. The highest BCUT2D eigenvalue weighted by molar-refractivity contribution is 5.86. The number of nitrogens with one attached hydrogen (secondary N) is 1. The fourth-order valence-electron chi connectivity index (χ4n) is 1.05. The molecule has 0 aliphatic carbocycles. The quantitative estimate of drug-likeness (QED) is 0.510. The Hall–Kier alpha value is -0.870. The zero-order chi connectivity index (χ0) is 9.68. The molecule has 0 aromatic heterocycles. The first-order valence-corrected chi connectivity index (χ1v) is 4.38. The summed E-state index contributed by atoms with van der Waals surface area (Å²) in [5.41, 5.74) is 0.431. The van der Waals surface area contributed by atoms with Gasteiger partial charge in [0, 0.05) is 18.5 Å². The van der Waals surface area contributed by atoms with Gasteiger partial charge in [0.1, 0.15) is 6.23 Å². The summed E-state index contributed by atoms with van der Waals surface area (Å²) >= 11 is 0. The van der Waals surface area contributed by atoms with Crippen LogP contribution in [0, 0.1) is 0 Å². The average Bonchev–Trinajstić information content (AvgIpc) is 2.56. The molecule has 0 radical (unpaired) electrons. The number of hydrogen-bond acceptors (Lipinski definition) is 4. The van der Waals surface area contributed by atoms with Crippen LogP contribution in [0.5, 0.6) is 0 Å². The lowest BCUT2D eigenvalue weighted by molar-refractivity contribution is -0.139. The highest BCUT2D eigenvalue weighted by Crippen LogP contribution is 2.01. The van der Waals surface area contributed by atoms with Crippen molar-refractivity contribution in [3.63, 3.8) is 0 Å². The lowest BCUT2D eigenvalue weighted by Gasteiger charge is -2.09. The van der Waals surface area contributed by atoms with Crippen molar-refractivity contribution in [2.24, 2.45) is 0 Å². The molecule has 1 atom stereocenters. The molecule has 0 amide bonds. The van der Waals surface area contributed by atoms with Crippen molar-refractivity contribution in [2.75, 3.05) is 19.8 Å². The summed E-state index contributed by atoms with van der Waals surface area (Å²) in [4.78, 5) is 10.9. The van der Waals surface area contributed by atoms with E-state index in [1.54, 1.807) is 6.92 Å². The Labute approximate surface area is 77.9 Å². The van der Waals surface area contributed by atoms with E-state index in [1.165, 1.54) is 0 Å². The standard InChI is InChI=1S/C9H15NO3/c1-7(2)9(11)13-5-3-8-10-4-6-12-8/h8,10H,1,3-6H2,2H3. The molecule has 1 saturated heterocycles. The van der Waals surface area contributed by atoms with Gasteiger partial charge in [0.2, 0.25) is 0 Å². The highest BCUT2D eigenvalue weighted by atomic mass is 16.5. The van der Waals surface area contributed by atoms with E-state index < -0.39 is 0 Å². The summed E-state index contributed by atoms with van der Waals surface area (Å²) in [5, 5.41) is 3.12. The Morgan fingerprint density at radius 3 is 3.08 bits per heavy atom. The maximum Gasteiger partial charge on any atom is 0.333 e. The van der Waals surface area contributed by atoms with Gasteiger partial charge < -0.3 is 9.47 Å². The molecule has 1 N–H and O–H groups in total. The molecule has 0 bridgehead atoms. The molecule has 0 spiro atoms. The second-order valence-corrected chi connectivity index (χ2v) is 3.02.